The number of benzene rings is 3. The van der Waals surface area contributed by atoms with Gasteiger partial charge in [-0.25, -0.2) is 13.2 Å². The normalized spacial score (nSPS) is 13.1. The number of primary amides is 1. The highest BCUT2D eigenvalue weighted by atomic mass is 19.1. The Balaban J connectivity index is 1.51. The molecule has 8 heteroatoms. The lowest BCUT2D eigenvalue weighted by Gasteiger charge is -2.20. The molecule has 1 atom stereocenters. The van der Waals surface area contributed by atoms with Gasteiger partial charge in [0.1, 0.15) is 23.2 Å². The number of nitrogens with two attached hydrogens (primary N) is 1. The Morgan fingerprint density at radius 1 is 0.897 bits per heavy atom. The number of carbonyl (C=O) groups is 2. The van der Waals surface area contributed by atoms with Crippen LogP contribution in [0.4, 0.5) is 13.2 Å². The lowest BCUT2D eigenvalue weighted by Crippen LogP contribution is -2.16. The van der Waals surface area contributed by atoms with Crippen LogP contribution in [0.3, 0.4) is 0 Å². The van der Waals surface area contributed by atoms with Gasteiger partial charge in [-0.3, -0.25) is 19.6 Å². The first-order chi connectivity index (χ1) is 18.8. The standard InChI is InChI=1S/C31H24F3N3O2/c32-22-11-18(12-23(33)15-22)10-21(13-24(38)16-29-25-5-2-1-4-20(25)17-37-29)30-26(6-3-9-36-30)19-7-8-28(34)27(14-19)31(35)39/h1-9,11-12,14-15,21H,10,13,16-17H2,(H2,35,39)/t21-/m1/s1. The fourth-order valence-electron chi connectivity index (χ4n) is 5.04. The van der Waals surface area contributed by atoms with Gasteiger partial charge in [0.05, 0.1) is 23.5 Å². The lowest BCUT2D eigenvalue weighted by atomic mass is 9.85. The van der Waals surface area contributed by atoms with Crippen LogP contribution >= 0.6 is 0 Å². The summed E-state index contributed by atoms with van der Waals surface area (Å²) in [7, 11) is 0. The van der Waals surface area contributed by atoms with Crippen molar-refractivity contribution in [3.05, 3.63) is 124 Å². The number of pyridine rings is 1. The Morgan fingerprint density at radius 3 is 2.41 bits per heavy atom. The Hall–Kier alpha value is -4.59. The number of hydrogen-bond donors (Lipinski definition) is 1. The van der Waals surface area contributed by atoms with Crippen LogP contribution in [-0.2, 0) is 17.8 Å². The van der Waals surface area contributed by atoms with E-state index in [9.17, 15) is 22.8 Å². The molecular weight excluding hydrogens is 503 g/mol. The molecule has 1 aliphatic rings. The van der Waals surface area contributed by atoms with E-state index in [-0.39, 0.29) is 30.6 Å². The second-order valence-corrected chi connectivity index (χ2v) is 9.51. The van der Waals surface area contributed by atoms with Crippen molar-refractivity contribution in [1.82, 2.24) is 4.98 Å². The minimum absolute atomic E-state index is 0.0210. The first-order valence-electron chi connectivity index (χ1n) is 12.4. The van der Waals surface area contributed by atoms with Crippen molar-refractivity contribution in [2.45, 2.75) is 31.7 Å². The summed E-state index contributed by atoms with van der Waals surface area (Å²) in [5, 5.41) is 0. The van der Waals surface area contributed by atoms with Crippen molar-refractivity contribution in [2.24, 2.45) is 10.7 Å². The van der Waals surface area contributed by atoms with Crippen LogP contribution in [0.25, 0.3) is 11.1 Å². The molecule has 0 spiro atoms. The van der Waals surface area contributed by atoms with Gasteiger partial charge in [0, 0.05) is 42.1 Å². The van der Waals surface area contributed by atoms with E-state index in [0.717, 1.165) is 23.3 Å². The maximum Gasteiger partial charge on any atom is 0.251 e. The van der Waals surface area contributed by atoms with Gasteiger partial charge < -0.3 is 5.73 Å². The summed E-state index contributed by atoms with van der Waals surface area (Å²) in [5.74, 6) is -3.80. The van der Waals surface area contributed by atoms with Crippen molar-refractivity contribution in [3.63, 3.8) is 0 Å². The van der Waals surface area contributed by atoms with Crippen molar-refractivity contribution < 1.29 is 22.8 Å². The Morgan fingerprint density at radius 2 is 1.64 bits per heavy atom. The third kappa shape index (κ3) is 5.80. The SMILES string of the molecule is NC(=O)c1cc(-c2cccnc2[C@@H](CC(=O)CC2=NCc3ccccc32)Cc2cc(F)cc(F)c2)ccc1F. The van der Waals surface area contributed by atoms with Crippen LogP contribution < -0.4 is 5.73 Å². The average Bonchev–Trinajstić information content (AvgIpc) is 3.30. The molecule has 0 fully saturated rings. The number of carbonyl (C=O) groups excluding carboxylic acids is 2. The van der Waals surface area contributed by atoms with Crippen LogP contribution in [-0.4, -0.2) is 22.4 Å². The number of rotatable bonds is 9. The molecular formula is C31H24F3N3O2. The summed E-state index contributed by atoms with van der Waals surface area (Å²) < 4.78 is 42.3. The molecule has 2 heterocycles. The Labute approximate surface area is 223 Å². The summed E-state index contributed by atoms with van der Waals surface area (Å²) in [5.41, 5.74) is 9.65. The predicted molar refractivity (Wildman–Crippen MR) is 142 cm³/mol. The molecule has 0 radical (unpaired) electrons. The zero-order valence-electron chi connectivity index (χ0n) is 20.8. The maximum atomic E-state index is 14.2. The third-order valence-electron chi connectivity index (χ3n) is 6.78. The number of aliphatic imine (C=N–C) groups is 1. The van der Waals surface area contributed by atoms with E-state index >= 15 is 0 Å². The highest BCUT2D eigenvalue weighted by Gasteiger charge is 2.25. The fraction of sp³-hybridized carbons (Fsp3) is 0.161. The molecule has 1 aliphatic heterocycles. The molecule has 5 nitrogen and oxygen atoms in total. The number of Topliss-reactive ketones (excluding diaryl/α,β-unsaturated/α-hetero) is 1. The molecule has 0 saturated carbocycles. The van der Waals surface area contributed by atoms with Gasteiger partial charge in [-0.2, -0.15) is 0 Å². The molecule has 2 N–H and O–H groups in total. The van der Waals surface area contributed by atoms with Gasteiger partial charge in [0.25, 0.3) is 5.91 Å². The molecule has 1 aromatic heterocycles. The van der Waals surface area contributed by atoms with E-state index in [4.69, 9.17) is 5.73 Å². The summed E-state index contributed by atoms with van der Waals surface area (Å²) in [6, 6.07) is 18.4. The van der Waals surface area contributed by atoms with E-state index in [2.05, 4.69) is 9.98 Å². The number of fused-ring (bicyclic) bond motifs is 1. The van der Waals surface area contributed by atoms with Gasteiger partial charge >= 0.3 is 0 Å². The lowest BCUT2D eigenvalue weighted by molar-refractivity contribution is -0.118. The Kier molecular flexibility index (Phi) is 7.36. The number of nitrogens with zero attached hydrogens (tertiary/aromatic N) is 2. The first-order valence-corrected chi connectivity index (χ1v) is 12.4. The van der Waals surface area contributed by atoms with Gasteiger partial charge in [-0.1, -0.05) is 36.4 Å². The molecule has 0 saturated heterocycles. The second-order valence-electron chi connectivity index (χ2n) is 9.51. The van der Waals surface area contributed by atoms with Crippen LogP contribution in [0.5, 0.6) is 0 Å². The van der Waals surface area contributed by atoms with Gasteiger partial charge in [-0.05, 0) is 53.4 Å². The fourth-order valence-corrected chi connectivity index (χ4v) is 5.04. The molecule has 0 bridgehead atoms. The van der Waals surface area contributed by atoms with Crippen LogP contribution in [0.15, 0.2) is 84.0 Å². The molecule has 5 rings (SSSR count). The zero-order chi connectivity index (χ0) is 27.5. The highest BCUT2D eigenvalue weighted by Crippen LogP contribution is 2.34. The monoisotopic (exact) mass is 527 g/mol. The molecule has 0 aliphatic carbocycles. The van der Waals surface area contributed by atoms with Gasteiger partial charge in [0.2, 0.25) is 0 Å². The second kappa shape index (κ2) is 11.0. The Bertz CT molecular complexity index is 1600. The van der Waals surface area contributed by atoms with E-state index in [1.807, 2.05) is 24.3 Å². The smallest absolute Gasteiger partial charge is 0.251 e. The third-order valence-corrected chi connectivity index (χ3v) is 6.78. The summed E-state index contributed by atoms with van der Waals surface area (Å²) in [4.78, 5) is 34.2. The molecule has 4 aromatic rings. The van der Waals surface area contributed by atoms with E-state index < -0.39 is 29.3 Å². The zero-order valence-corrected chi connectivity index (χ0v) is 20.8. The summed E-state index contributed by atoms with van der Waals surface area (Å²) in [6.07, 6.45) is 1.80. The number of hydrogen-bond acceptors (Lipinski definition) is 4. The minimum Gasteiger partial charge on any atom is -0.366 e. The number of halogens is 3. The number of ketones is 1. The average molecular weight is 528 g/mol. The van der Waals surface area contributed by atoms with E-state index in [1.54, 1.807) is 18.3 Å². The largest absolute Gasteiger partial charge is 0.366 e. The van der Waals surface area contributed by atoms with Crippen LogP contribution in [0, 0.1) is 17.5 Å². The van der Waals surface area contributed by atoms with Crippen molar-refractivity contribution in [1.29, 1.82) is 0 Å². The van der Waals surface area contributed by atoms with Crippen molar-refractivity contribution in [3.8, 4) is 11.1 Å². The predicted octanol–water partition coefficient (Wildman–Crippen LogP) is 5.94. The summed E-state index contributed by atoms with van der Waals surface area (Å²) in [6.45, 7) is 0.516. The maximum absolute atomic E-state index is 14.2. The number of aromatic nitrogens is 1. The molecule has 1 amide bonds. The van der Waals surface area contributed by atoms with Gasteiger partial charge in [0.15, 0.2) is 0 Å². The van der Waals surface area contributed by atoms with Crippen molar-refractivity contribution in [2.75, 3.05) is 0 Å². The quantitative estimate of drug-likeness (QED) is 0.292. The molecule has 3 aromatic carbocycles. The minimum atomic E-state index is -0.917. The van der Waals surface area contributed by atoms with Crippen LogP contribution in [0.2, 0.25) is 0 Å². The highest BCUT2D eigenvalue weighted by molar-refractivity contribution is 6.13. The topological polar surface area (TPSA) is 85.4 Å². The van der Waals surface area contributed by atoms with E-state index in [0.29, 0.717) is 34.6 Å². The van der Waals surface area contributed by atoms with E-state index in [1.165, 1.54) is 24.3 Å². The summed E-state index contributed by atoms with van der Waals surface area (Å²) >= 11 is 0. The first kappa shape index (κ1) is 26.0. The van der Waals surface area contributed by atoms with Crippen molar-refractivity contribution >= 4 is 17.4 Å². The van der Waals surface area contributed by atoms with Gasteiger partial charge in [-0.15, -0.1) is 0 Å². The molecule has 39 heavy (non-hydrogen) atoms. The molecule has 196 valence electrons. The molecule has 0 unspecified atom stereocenters. The van der Waals surface area contributed by atoms with Crippen LogP contribution in [0.1, 0.15) is 51.5 Å². The number of amides is 1.